The van der Waals surface area contributed by atoms with Gasteiger partial charge in [0.25, 0.3) is 0 Å². The highest BCUT2D eigenvalue weighted by Gasteiger charge is 2.22. The number of likely N-dealkylation sites (tertiary alicyclic amines) is 1. The smallest absolute Gasteiger partial charge is 0.0784 e. The zero-order valence-electron chi connectivity index (χ0n) is 11.5. The number of carbonyl (C=O) groups is 1. The molecular weight excluding hydrogens is 234 g/mol. The summed E-state index contributed by atoms with van der Waals surface area (Å²) in [6.45, 7) is 6.53. The molecule has 0 radical (unpaired) electrons. The Morgan fingerprint density at radius 2 is 1.88 bits per heavy atom. The first-order valence-electron chi connectivity index (χ1n) is 6.56. The third-order valence-corrected chi connectivity index (χ3v) is 3.78. The third-order valence-electron chi connectivity index (χ3n) is 3.17. The molecule has 1 rings (SSSR count). The first-order valence-corrected chi connectivity index (χ1v) is 7.96. The van der Waals surface area contributed by atoms with E-state index >= 15 is 0 Å². The van der Waals surface area contributed by atoms with Gasteiger partial charge in [0.1, 0.15) is 0 Å². The van der Waals surface area contributed by atoms with Gasteiger partial charge in [0, 0.05) is 5.97 Å². The number of aliphatic carboxylic acids is 1. The van der Waals surface area contributed by atoms with Gasteiger partial charge in [-0.2, -0.15) is 11.8 Å². The molecule has 0 aromatic heterocycles. The molecule has 102 valence electrons. The SMILES string of the molecule is CCC[N+]1(C)CCCCC1.CSCCC(=O)[O-]. The fourth-order valence-electron chi connectivity index (χ4n) is 2.22. The molecule has 0 spiro atoms. The molecule has 0 aliphatic carbocycles. The van der Waals surface area contributed by atoms with Crippen molar-refractivity contribution in [2.45, 2.75) is 39.0 Å². The number of carbonyl (C=O) groups excluding carboxylic acids is 1. The van der Waals surface area contributed by atoms with Gasteiger partial charge < -0.3 is 14.4 Å². The second-order valence-electron chi connectivity index (χ2n) is 4.97. The van der Waals surface area contributed by atoms with Crippen LogP contribution in [0.25, 0.3) is 0 Å². The Morgan fingerprint density at radius 1 is 1.29 bits per heavy atom. The van der Waals surface area contributed by atoms with Gasteiger partial charge in [0.2, 0.25) is 0 Å². The second kappa shape index (κ2) is 9.77. The molecule has 1 aliphatic rings. The molecule has 0 atom stereocenters. The Balaban J connectivity index is 0.000000325. The molecule has 1 heterocycles. The standard InChI is InChI=1S/C9H20N.C4H8O2S/c1-3-7-10(2)8-5-4-6-9-10;1-7-3-2-4(5)6/h3-9H2,1-2H3;2-3H2,1H3,(H,5,6)/q+1;/p-1. The number of rotatable bonds is 5. The fourth-order valence-corrected chi connectivity index (χ4v) is 2.60. The number of hydrogen-bond donors (Lipinski definition) is 0. The summed E-state index contributed by atoms with van der Waals surface area (Å²) in [6.07, 6.45) is 7.76. The quantitative estimate of drug-likeness (QED) is 0.704. The minimum Gasteiger partial charge on any atom is -0.550 e. The van der Waals surface area contributed by atoms with E-state index in [0.29, 0.717) is 5.75 Å². The summed E-state index contributed by atoms with van der Waals surface area (Å²) < 4.78 is 1.34. The molecule has 0 aromatic rings. The van der Waals surface area contributed by atoms with Gasteiger partial charge in [0.05, 0.1) is 26.7 Å². The lowest BCUT2D eigenvalue weighted by Gasteiger charge is -2.37. The Morgan fingerprint density at radius 3 is 2.24 bits per heavy atom. The van der Waals surface area contributed by atoms with Crippen molar-refractivity contribution in [3.05, 3.63) is 0 Å². The predicted molar refractivity (Wildman–Crippen MR) is 72.9 cm³/mol. The number of nitrogens with zero attached hydrogens (tertiary/aromatic N) is 1. The van der Waals surface area contributed by atoms with Gasteiger partial charge in [-0.3, -0.25) is 0 Å². The number of carboxylic acids is 1. The maximum atomic E-state index is 9.63. The van der Waals surface area contributed by atoms with Crippen LogP contribution < -0.4 is 5.11 Å². The van der Waals surface area contributed by atoms with E-state index in [1.165, 1.54) is 61.6 Å². The van der Waals surface area contributed by atoms with E-state index in [4.69, 9.17) is 0 Å². The van der Waals surface area contributed by atoms with Crippen molar-refractivity contribution in [3.8, 4) is 0 Å². The van der Waals surface area contributed by atoms with Crippen molar-refractivity contribution in [2.24, 2.45) is 0 Å². The highest BCUT2D eigenvalue weighted by molar-refractivity contribution is 7.98. The van der Waals surface area contributed by atoms with Crippen molar-refractivity contribution in [3.63, 3.8) is 0 Å². The average molecular weight is 261 g/mol. The predicted octanol–water partition coefficient (Wildman–Crippen LogP) is 1.52. The fraction of sp³-hybridized carbons (Fsp3) is 0.923. The summed E-state index contributed by atoms with van der Waals surface area (Å²) in [5, 5.41) is 9.63. The van der Waals surface area contributed by atoms with Crippen LogP contribution in [0.5, 0.6) is 0 Å². The molecule has 3 nitrogen and oxygen atoms in total. The molecule has 4 heteroatoms. The maximum Gasteiger partial charge on any atom is 0.0784 e. The lowest BCUT2D eigenvalue weighted by Crippen LogP contribution is -2.48. The van der Waals surface area contributed by atoms with Crippen LogP contribution in [0.1, 0.15) is 39.0 Å². The van der Waals surface area contributed by atoms with Crippen molar-refractivity contribution in [2.75, 3.05) is 38.7 Å². The number of piperidine rings is 1. The van der Waals surface area contributed by atoms with E-state index in [9.17, 15) is 9.90 Å². The zero-order chi connectivity index (χ0) is 13.1. The lowest BCUT2D eigenvalue weighted by molar-refractivity contribution is -0.914. The highest BCUT2D eigenvalue weighted by atomic mass is 32.2. The van der Waals surface area contributed by atoms with Crippen molar-refractivity contribution in [1.82, 2.24) is 0 Å². The second-order valence-corrected chi connectivity index (χ2v) is 5.95. The normalized spacial score (nSPS) is 18.1. The van der Waals surface area contributed by atoms with Crippen LogP contribution in [0.2, 0.25) is 0 Å². The Hall–Kier alpha value is -0.220. The molecule has 0 saturated carbocycles. The first kappa shape index (κ1) is 16.8. The van der Waals surface area contributed by atoms with E-state index in [1.54, 1.807) is 0 Å². The van der Waals surface area contributed by atoms with Gasteiger partial charge in [-0.1, -0.05) is 6.92 Å². The summed E-state index contributed by atoms with van der Waals surface area (Å²) in [4.78, 5) is 9.63. The molecule has 0 aromatic carbocycles. The largest absolute Gasteiger partial charge is 0.550 e. The van der Waals surface area contributed by atoms with Gasteiger partial charge >= 0.3 is 0 Å². The summed E-state index contributed by atoms with van der Waals surface area (Å²) in [5.74, 6) is -0.308. The minimum atomic E-state index is -0.964. The van der Waals surface area contributed by atoms with Gasteiger partial charge in [0.15, 0.2) is 0 Å². The molecule has 17 heavy (non-hydrogen) atoms. The van der Waals surface area contributed by atoms with Crippen LogP contribution in [-0.4, -0.2) is 49.1 Å². The number of hydrogen-bond acceptors (Lipinski definition) is 3. The van der Waals surface area contributed by atoms with Crippen LogP contribution in [0.4, 0.5) is 0 Å². The van der Waals surface area contributed by atoms with Crippen LogP contribution in [0.15, 0.2) is 0 Å². The van der Waals surface area contributed by atoms with Crippen LogP contribution in [0, 0.1) is 0 Å². The Kier molecular flexibility index (Phi) is 9.65. The Labute approximate surface area is 110 Å². The van der Waals surface area contributed by atoms with Crippen LogP contribution in [-0.2, 0) is 4.79 Å². The molecular formula is C13H27NO2S. The van der Waals surface area contributed by atoms with Crippen molar-refractivity contribution in [1.29, 1.82) is 0 Å². The number of thioether (sulfide) groups is 1. The molecule has 0 unspecified atom stereocenters. The van der Waals surface area contributed by atoms with Gasteiger partial charge in [-0.25, -0.2) is 0 Å². The third kappa shape index (κ3) is 9.48. The Bertz CT molecular complexity index is 198. The zero-order valence-corrected chi connectivity index (χ0v) is 12.4. The van der Waals surface area contributed by atoms with Crippen molar-refractivity contribution >= 4 is 17.7 Å². The van der Waals surface area contributed by atoms with Crippen molar-refractivity contribution < 1.29 is 14.4 Å². The van der Waals surface area contributed by atoms with E-state index in [-0.39, 0.29) is 6.42 Å². The van der Waals surface area contributed by atoms with E-state index < -0.39 is 5.97 Å². The van der Waals surface area contributed by atoms with Crippen LogP contribution in [0.3, 0.4) is 0 Å². The molecule has 0 N–H and O–H groups in total. The van der Waals surface area contributed by atoms with Crippen LogP contribution >= 0.6 is 11.8 Å². The molecule has 0 bridgehead atoms. The van der Waals surface area contributed by atoms with Gasteiger partial charge in [-0.05, 0) is 44.1 Å². The monoisotopic (exact) mass is 261 g/mol. The summed E-state index contributed by atoms with van der Waals surface area (Å²) in [5.41, 5.74) is 0. The van der Waals surface area contributed by atoms with E-state index in [1.807, 2.05) is 6.26 Å². The number of carboxylic acid groups (broad SMARTS) is 1. The first-order chi connectivity index (χ1) is 8.04. The van der Waals surface area contributed by atoms with E-state index in [2.05, 4.69) is 14.0 Å². The average Bonchev–Trinajstić information content (AvgIpc) is 2.28. The summed E-state index contributed by atoms with van der Waals surface area (Å²) >= 11 is 1.51. The lowest BCUT2D eigenvalue weighted by atomic mass is 10.1. The molecule has 1 aliphatic heterocycles. The maximum absolute atomic E-state index is 9.63. The molecule has 1 fully saturated rings. The topological polar surface area (TPSA) is 40.1 Å². The molecule has 0 amide bonds. The number of quaternary nitrogens is 1. The van der Waals surface area contributed by atoms with E-state index in [0.717, 1.165) is 0 Å². The van der Waals surface area contributed by atoms with Gasteiger partial charge in [-0.15, -0.1) is 0 Å². The summed E-state index contributed by atoms with van der Waals surface area (Å²) in [7, 11) is 2.41. The summed E-state index contributed by atoms with van der Waals surface area (Å²) in [6, 6.07) is 0. The minimum absolute atomic E-state index is 0.168. The highest BCUT2D eigenvalue weighted by Crippen LogP contribution is 2.15. The molecule has 1 saturated heterocycles.